The molecule has 0 aromatic heterocycles. The molecule has 0 amide bonds. The Bertz CT molecular complexity index is 273. The van der Waals surface area contributed by atoms with Crippen molar-refractivity contribution in [1.82, 2.24) is 5.01 Å². The molecule has 0 bridgehead atoms. The highest BCUT2D eigenvalue weighted by Crippen LogP contribution is 2.20. The Morgan fingerprint density at radius 1 is 1.42 bits per heavy atom. The molecule has 1 aromatic carbocycles. The summed E-state index contributed by atoms with van der Waals surface area (Å²) in [5.74, 6) is 0. The molecule has 0 radical (unpaired) electrons. The molecule has 0 heterocycles. The summed E-state index contributed by atoms with van der Waals surface area (Å²) < 4.78 is 1.15. The first-order valence-corrected chi connectivity index (χ1v) is 4.66. The van der Waals surface area contributed by atoms with Crippen LogP contribution in [-0.4, -0.2) is 19.1 Å². The molecule has 0 saturated heterocycles. The fourth-order valence-electron chi connectivity index (χ4n) is 0.876. The molecule has 0 aliphatic rings. The monoisotopic (exact) mass is 277 g/mol. The third kappa shape index (κ3) is 2.53. The molecule has 0 fully saturated rings. The number of halogens is 1. The molecule has 0 saturated carbocycles. The van der Waals surface area contributed by atoms with Gasteiger partial charge in [-0.1, -0.05) is 0 Å². The van der Waals surface area contributed by atoms with Gasteiger partial charge in [0.25, 0.3) is 0 Å². The van der Waals surface area contributed by atoms with E-state index < -0.39 is 0 Å². The number of nitrogen functional groups attached to an aromatic ring is 1. The van der Waals surface area contributed by atoms with Gasteiger partial charge < -0.3 is 11.2 Å². The number of nitrogens with two attached hydrogens (primary N) is 1. The Labute approximate surface area is 86.0 Å². The van der Waals surface area contributed by atoms with Gasteiger partial charge in [0.15, 0.2) is 0 Å². The second-order valence-electron chi connectivity index (χ2n) is 2.74. The smallest absolute Gasteiger partial charge is 0.0720 e. The van der Waals surface area contributed by atoms with Crippen molar-refractivity contribution in [2.75, 3.05) is 25.3 Å². The molecule has 4 heteroatoms. The van der Waals surface area contributed by atoms with E-state index in [-0.39, 0.29) is 0 Å². The summed E-state index contributed by atoms with van der Waals surface area (Å²) in [6.45, 7) is 0. The van der Waals surface area contributed by atoms with Crippen LogP contribution in [0.25, 0.3) is 0 Å². The van der Waals surface area contributed by atoms with Crippen LogP contribution in [0.1, 0.15) is 0 Å². The number of nitrogens with one attached hydrogen (secondary N) is 1. The summed E-state index contributed by atoms with van der Waals surface area (Å²) >= 11 is 2.23. The van der Waals surface area contributed by atoms with Crippen LogP contribution >= 0.6 is 22.6 Å². The summed E-state index contributed by atoms with van der Waals surface area (Å²) in [5, 5.41) is 1.86. The highest BCUT2D eigenvalue weighted by atomic mass is 127. The van der Waals surface area contributed by atoms with Gasteiger partial charge in [0.1, 0.15) is 0 Å². The van der Waals surface area contributed by atoms with E-state index in [1.807, 2.05) is 37.3 Å². The first-order chi connectivity index (χ1) is 5.59. The predicted octanol–water partition coefficient (Wildman–Crippen LogP) is 1.76. The quantitative estimate of drug-likeness (QED) is 0.491. The molecule has 3 N–H and O–H groups in total. The van der Waals surface area contributed by atoms with E-state index in [0.717, 1.165) is 14.9 Å². The Kier molecular flexibility index (Phi) is 3.16. The molecular weight excluding hydrogens is 265 g/mol. The summed E-state index contributed by atoms with van der Waals surface area (Å²) in [7, 11) is 3.86. The van der Waals surface area contributed by atoms with Gasteiger partial charge in [-0.2, -0.15) is 0 Å². The zero-order valence-corrected chi connectivity index (χ0v) is 9.29. The number of nitrogens with zero attached hydrogens (tertiary/aromatic N) is 1. The third-order valence-corrected chi connectivity index (χ3v) is 2.03. The van der Waals surface area contributed by atoms with Crippen molar-refractivity contribution in [1.29, 1.82) is 0 Å². The fraction of sp³-hybridized carbons (Fsp3) is 0.250. The van der Waals surface area contributed by atoms with Gasteiger partial charge in [-0.05, 0) is 40.8 Å². The van der Waals surface area contributed by atoms with E-state index in [1.54, 1.807) is 0 Å². The maximum Gasteiger partial charge on any atom is 0.0720 e. The molecule has 1 rings (SSSR count). The van der Waals surface area contributed by atoms with Crippen molar-refractivity contribution in [2.24, 2.45) is 0 Å². The zero-order valence-electron chi connectivity index (χ0n) is 7.13. The number of rotatable bonds is 2. The molecule has 0 aliphatic heterocycles. The second-order valence-corrected chi connectivity index (χ2v) is 3.98. The van der Waals surface area contributed by atoms with Crippen LogP contribution in [-0.2, 0) is 0 Å². The van der Waals surface area contributed by atoms with Crippen molar-refractivity contribution >= 4 is 34.0 Å². The fourth-order valence-corrected chi connectivity index (χ4v) is 1.39. The van der Waals surface area contributed by atoms with Gasteiger partial charge in [0.05, 0.1) is 11.4 Å². The van der Waals surface area contributed by atoms with Crippen LogP contribution in [0.15, 0.2) is 18.2 Å². The van der Waals surface area contributed by atoms with Crippen molar-refractivity contribution in [3.05, 3.63) is 21.8 Å². The minimum absolute atomic E-state index is 0.774. The summed E-state index contributed by atoms with van der Waals surface area (Å²) in [5.41, 5.74) is 10.6. The number of benzene rings is 1. The van der Waals surface area contributed by atoms with Crippen LogP contribution < -0.4 is 11.2 Å². The van der Waals surface area contributed by atoms with Crippen LogP contribution in [0.3, 0.4) is 0 Å². The highest BCUT2D eigenvalue weighted by molar-refractivity contribution is 14.1. The van der Waals surface area contributed by atoms with Gasteiger partial charge >= 0.3 is 0 Å². The molecule has 0 spiro atoms. The summed E-state index contributed by atoms with van der Waals surface area (Å²) in [6, 6.07) is 5.92. The molecule has 0 unspecified atom stereocenters. The number of hydrogen-bond acceptors (Lipinski definition) is 3. The zero-order chi connectivity index (χ0) is 9.14. The van der Waals surface area contributed by atoms with E-state index in [2.05, 4.69) is 28.0 Å². The third-order valence-electron chi connectivity index (χ3n) is 1.36. The topological polar surface area (TPSA) is 41.3 Å². The van der Waals surface area contributed by atoms with Crippen molar-refractivity contribution < 1.29 is 0 Å². The second kappa shape index (κ2) is 3.95. The van der Waals surface area contributed by atoms with Gasteiger partial charge in [-0.15, -0.1) is 0 Å². The summed E-state index contributed by atoms with van der Waals surface area (Å²) in [4.78, 5) is 0. The minimum atomic E-state index is 0.774. The Morgan fingerprint density at radius 2 is 2.08 bits per heavy atom. The Balaban J connectivity index is 2.86. The molecule has 0 aliphatic carbocycles. The minimum Gasteiger partial charge on any atom is -0.397 e. The molecular formula is C8H12IN3. The lowest BCUT2D eigenvalue weighted by Gasteiger charge is -2.15. The van der Waals surface area contributed by atoms with E-state index in [9.17, 15) is 0 Å². The first-order valence-electron chi connectivity index (χ1n) is 3.58. The summed E-state index contributed by atoms with van der Waals surface area (Å²) in [6.07, 6.45) is 0. The van der Waals surface area contributed by atoms with E-state index >= 15 is 0 Å². The van der Waals surface area contributed by atoms with E-state index in [4.69, 9.17) is 5.73 Å². The van der Waals surface area contributed by atoms with Crippen molar-refractivity contribution in [2.45, 2.75) is 0 Å². The van der Waals surface area contributed by atoms with Gasteiger partial charge in [-0.25, -0.2) is 5.01 Å². The molecule has 3 nitrogen and oxygen atoms in total. The normalized spacial score (nSPS) is 10.3. The highest BCUT2D eigenvalue weighted by Gasteiger charge is 1.98. The maximum atomic E-state index is 5.78. The first kappa shape index (κ1) is 9.60. The Morgan fingerprint density at radius 3 is 2.58 bits per heavy atom. The Hall–Kier alpha value is -0.490. The van der Waals surface area contributed by atoms with Crippen LogP contribution in [0.4, 0.5) is 11.4 Å². The maximum absolute atomic E-state index is 5.78. The molecule has 0 atom stereocenters. The number of hydrogen-bond donors (Lipinski definition) is 2. The predicted molar refractivity (Wildman–Crippen MR) is 60.9 cm³/mol. The lowest BCUT2D eigenvalue weighted by Crippen LogP contribution is -2.20. The average molecular weight is 277 g/mol. The largest absolute Gasteiger partial charge is 0.397 e. The number of anilines is 2. The molecule has 1 aromatic rings. The van der Waals surface area contributed by atoms with Crippen molar-refractivity contribution in [3.8, 4) is 0 Å². The van der Waals surface area contributed by atoms with Crippen molar-refractivity contribution in [3.63, 3.8) is 0 Å². The van der Waals surface area contributed by atoms with Crippen LogP contribution in [0.5, 0.6) is 0 Å². The van der Waals surface area contributed by atoms with Crippen LogP contribution in [0.2, 0.25) is 0 Å². The lowest BCUT2D eigenvalue weighted by molar-refractivity contribution is 0.496. The SMILES string of the molecule is CN(C)Nc1ccc(I)cc1N. The van der Waals surface area contributed by atoms with Gasteiger partial charge in [0.2, 0.25) is 0 Å². The lowest BCUT2D eigenvalue weighted by atomic mass is 10.3. The van der Waals surface area contributed by atoms with Gasteiger partial charge in [-0.3, -0.25) is 0 Å². The molecule has 12 heavy (non-hydrogen) atoms. The molecule has 66 valence electrons. The van der Waals surface area contributed by atoms with E-state index in [0.29, 0.717) is 0 Å². The standard InChI is InChI=1S/C8H12IN3/c1-12(2)11-8-4-3-6(9)5-7(8)10/h3-5,11H,10H2,1-2H3. The number of hydrazine groups is 1. The van der Waals surface area contributed by atoms with Crippen LogP contribution in [0, 0.1) is 3.57 Å². The van der Waals surface area contributed by atoms with Gasteiger partial charge in [0, 0.05) is 17.7 Å². The average Bonchev–Trinajstić information content (AvgIpc) is 1.94. The van der Waals surface area contributed by atoms with E-state index in [1.165, 1.54) is 0 Å².